The van der Waals surface area contributed by atoms with Crippen LogP contribution in [0.5, 0.6) is 0 Å². The maximum atomic E-state index is 11.6. The molecular weight excluding hydrogens is 300 g/mol. The zero-order chi connectivity index (χ0) is 15.9. The Morgan fingerprint density at radius 2 is 1.95 bits per heavy atom. The number of rotatable bonds is 6. The Balaban J connectivity index is 1.92. The van der Waals surface area contributed by atoms with Crippen molar-refractivity contribution in [3.8, 4) is 11.3 Å². The van der Waals surface area contributed by atoms with E-state index < -0.39 is 0 Å². The van der Waals surface area contributed by atoms with Crippen molar-refractivity contribution in [3.63, 3.8) is 0 Å². The van der Waals surface area contributed by atoms with Crippen molar-refractivity contribution in [2.75, 3.05) is 27.2 Å². The van der Waals surface area contributed by atoms with Crippen LogP contribution in [0.2, 0.25) is 5.02 Å². The second-order valence-electron chi connectivity index (χ2n) is 5.14. The van der Waals surface area contributed by atoms with Crippen molar-refractivity contribution >= 4 is 23.6 Å². The molecule has 1 N–H and O–H groups in total. The summed E-state index contributed by atoms with van der Waals surface area (Å²) in [5, 5.41) is 3.49. The standard InChI is InChI=1S/C17H19ClN2O2/c1-20(2)12-11-19-17(21)10-8-15-7-9-16(22-15)13-3-5-14(18)6-4-13/h3-10H,11-12H2,1-2H3,(H,19,21)/b10-8+. The van der Waals surface area contributed by atoms with Gasteiger partial charge in [-0.25, -0.2) is 0 Å². The van der Waals surface area contributed by atoms with Gasteiger partial charge in [-0.05, 0) is 56.6 Å². The third-order valence-corrected chi connectivity index (χ3v) is 3.26. The Labute approximate surface area is 135 Å². The molecule has 5 heteroatoms. The number of nitrogens with zero attached hydrogens (tertiary/aromatic N) is 1. The highest BCUT2D eigenvalue weighted by Gasteiger charge is 2.03. The molecule has 0 fully saturated rings. The molecule has 0 unspecified atom stereocenters. The Bertz CT molecular complexity index is 645. The third kappa shape index (κ3) is 5.06. The van der Waals surface area contributed by atoms with Crippen LogP contribution in [0.4, 0.5) is 0 Å². The van der Waals surface area contributed by atoms with Crippen LogP contribution in [-0.4, -0.2) is 38.0 Å². The van der Waals surface area contributed by atoms with E-state index in [1.54, 1.807) is 6.08 Å². The van der Waals surface area contributed by atoms with Gasteiger partial charge in [0.1, 0.15) is 11.5 Å². The van der Waals surface area contributed by atoms with E-state index in [1.165, 1.54) is 6.08 Å². The van der Waals surface area contributed by atoms with E-state index in [4.69, 9.17) is 16.0 Å². The fourth-order valence-corrected chi connectivity index (χ4v) is 1.96. The van der Waals surface area contributed by atoms with Gasteiger partial charge in [0.15, 0.2) is 0 Å². The van der Waals surface area contributed by atoms with Crippen LogP contribution < -0.4 is 5.32 Å². The van der Waals surface area contributed by atoms with Gasteiger partial charge in [-0.2, -0.15) is 0 Å². The van der Waals surface area contributed by atoms with Crippen molar-refractivity contribution in [1.82, 2.24) is 10.2 Å². The van der Waals surface area contributed by atoms with Gasteiger partial charge in [0.05, 0.1) is 0 Å². The van der Waals surface area contributed by atoms with Gasteiger partial charge in [-0.3, -0.25) is 4.79 Å². The molecule has 2 aromatic rings. The Morgan fingerprint density at radius 3 is 2.64 bits per heavy atom. The number of carbonyl (C=O) groups excluding carboxylic acids is 1. The van der Waals surface area contributed by atoms with Gasteiger partial charge in [-0.15, -0.1) is 0 Å². The number of halogens is 1. The quantitative estimate of drug-likeness (QED) is 0.831. The van der Waals surface area contributed by atoms with Crippen LogP contribution in [0.25, 0.3) is 17.4 Å². The normalized spacial score (nSPS) is 11.3. The summed E-state index contributed by atoms with van der Waals surface area (Å²) in [6.07, 6.45) is 3.13. The third-order valence-electron chi connectivity index (χ3n) is 3.01. The first-order chi connectivity index (χ1) is 10.5. The average molecular weight is 319 g/mol. The molecule has 0 atom stereocenters. The van der Waals surface area contributed by atoms with E-state index in [9.17, 15) is 4.79 Å². The van der Waals surface area contributed by atoms with Gasteiger partial charge in [-0.1, -0.05) is 11.6 Å². The van der Waals surface area contributed by atoms with Crippen LogP contribution in [-0.2, 0) is 4.79 Å². The molecule has 1 aromatic heterocycles. The van der Waals surface area contributed by atoms with Crippen molar-refractivity contribution in [3.05, 3.63) is 53.3 Å². The van der Waals surface area contributed by atoms with Gasteiger partial charge in [0.2, 0.25) is 5.91 Å². The predicted molar refractivity (Wildman–Crippen MR) is 89.8 cm³/mol. The number of hydrogen-bond donors (Lipinski definition) is 1. The van der Waals surface area contributed by atoms with E-state index in [-0.39, 0.29) is 5.91 Å². The number of benzene rings is 1. The molecule has 22 heavy (non-hydrogen) atoms. The van der Waals surface area contributed by atoms with E-state index in [2.05, 4.69) is 5.32 Å². The minimum absolute atomic E-state index is 0.133. The first kappa shape index (κ1) is 16.3. The second-order valence-corrected chi connectivity index (χ2v) is 5.57. The van der Waals surface area contributed by atoms with Gasteiger partial charge >= 0.3 is 0 Å². The smallest absolute Gasteiger partial charge is 0.244 e. The number of furan rings is 1. The molecule has 4 nitrogen and oxygen atoms in total. The lowest BCUT2D eigenvalue weighted by Crippen LogP contribution is -2.30. The average Bonchev–Trinajstić information content (AvgIpc) is 2.94. The molecule has 0 saturated carbocycles. The van der Waals surface area contributed by atoms with E-state index >= 15 is 0 Å². The molecule has 0 saturated heterocycles. The van der Waals surface area contributed by atoms with Crippen molar-refractivity contribution in [2.24, 2.45) is 0 Å². The fraction of sp³-hybridized carbons (Fsp3) is 0.235. The fourth-order valence-electron chi connectivity index (χ4n) is 1.83. The summed E-state index contributed by atoms with van der Waals surface area (Å²) in [6, 6.07) is 11.1. The molecule has 2 rings (SSSR count). The number of amides is 1. The summed E-state index contributed by atoms with van der Waals surface area (Å²) in [4.78, 5) is 13.6. The van der Waals surface area contributed by atoms with Gasteiger partial charge < -0.3 is 14.6 Å². The molecule has 0 aliphatic rings. The Morgan fingerprint density at radius 1 is 1.23 bits per heavy atom. The number of likely N-dealkylation sites (N-methyl/N-ethyl adjacent to an activating group) is 1. The Kier molecular flexibility index (Phi) is 5.81. The van der Waals surface area contributed by atoms with E-state index in [1.807, 2.05) is 55.4 Å². The van der Waals surface area contributed by atoms with Crippen molar-refractivity contribution < 1.29 is 9.21 Å². The maximum absolute atomic E-state index is 11.6. The minimum atomic E-state index is -0.133. The van der Waals surface area contributed by atoms with Crippen LogP contribution in [0, 0.1) is 0 Å². The summed E-state index contributed by atoms with van der Waals surface area (Å²) < 4.78 is 5.68. The van der Waals surface area contributed by atoms with Gasteiger partial charge in [0.25, 0.3) is 0 Å². The van der Waals surface area contributed by atoms with Gasteiger partial charge in [0, 0.05) is 29.8 Å². The van der Waals surface area contributed by atoms with Crippen LogP contribution in [0.15, 0.2) is 46.9 Å². The molecule has 0 bridgehead atoms. The molecule has 1 heterocycles. The Hall–Kier alpha value is -2.04. The molecule has 0 aliphatic carbocycles. The number of carbonyl (C=O) groups is 1. The van der Waals surface area contributed by atoms with E-state index in [0.717, 1.165) is 17.9 Å². The summed E-state index contributed by atoms with van der Waals surface area (Å²) in [7, 11) is 3.92. The largest absolute Gasteiger partial charge is 0.457 e. The molecule has 0 radical (unpaired) electrons. The summed E-state index contributed by atoms with van der Waals surface area (Å²) >= 11 is 5.86. The van der Waals surface area contributed by atoms with Crippen LogP contribution >= 0.6 is 11.6 Å². The second kappa shape index (κ2) is 7.82. The monoisotopic (exact) mass is 318 g/mol. The van der Waals surface area contributed by atoms with Crippen LogP contribution in [0.3, 0.4) is 0 Å². The highest BCUT2D eigenvalue weighted by Crippen LogP contribution is 2.24. The first-order valence-corrected chi connectivity index (χ1v) is 7.39. The summed E-state index contributed by atoms with van der Waals surface area (Å²) in [5.41, 5.74) is 0.944. The molecule has 1 amide bonds. The highest BCUT2D eigenvalue weighted by molar-refractivity contribution is 6.30. The van der Waals surface area contributed by atoms with Crippen LogP contribution in [0.1, 0.15) is 5.76 Å². The van der Waals surface area contributed by atoms with Crippen molar-refractivity contribution in [2.45, 2.75) is 0 Å². The minimum Gasteiger partial charge on any atom is -0.457 e. The number of nitrogens with one attached hydrogen (secondary N) is 1. The number of hydrogen-bond acceptors (Lipinski definition) is 3. The molecular formula is C17H19ClN2O2. The lowest BCUT2D eigenvalue weighted by Gasteiger charge is -2.08. The predicted octanol–water partition coefficient (Wildman–Crippen LogP) is 3.29. The zero-order valence-electron chi connectivity index (χ0n) is 12.7. The summed E-state index contributed by atoms with van der Waals surface area (Å²) in [6.45, 7) is 1.42. The molecule has 0 aliphatic heterocycles. The molecule has 1 aromatic carbocycles. The highest BCUT2D eigenvalue weighted by atomic mass is 35.5. The lowest BCUT2D eigenvalue weighted by molar-refractivity contribution is -0.116. The lowest BCUT2D eigenvalue weighted by atomic mass is 10.2. The first-order valence-electron chi connectivity index (χ1n) is 7.01. The van der Waals surface area contributed by atoms with Crippen molar-refractivity contribution in [1.29, 1.82) is 0 Å². The molecule has 116 valence electrons. The summed E-state index contributed by atoms with van der Waals surface area (Å²) in [5.74, 6) is 1.24. The van der Waals surface area contributed by atoms with E-state index in [0.29, 0.717) is 17.3 Å². The topological polar surface area (TPSA) is 45.5 Å². The SMILES string of the molecule is CN(C)CCNC(=O)/C=C/c1ccc(-c2ccc(Cl)cc2)o1. The zero-order valence-corrected chi connectivity index (χ0v) is 13.4. The molecule has 0 spiro atoms. The maximum Gasteiger partial charge on any atom is 0.244 e.